The maximum atomic E-state index is 5.54. The van der Waals surface area contributed by atoms with E-state index in [-0.39, 0.29) is 0 Å². The van der Waals surface area contributed by atoms with Gasteiger partial charge in [0.05, 0.1) is 6.61 Å². The average Bonchev–Trinajstić information content (AvgIpc) is 2.82. The van der Waals surface area contributed by atoms with Crippen LogP contribution in [0.3, 0.4) is 0 Å². The van der Waals surface area contributed by atoms with Crippen LogP contribution in [0.4, 0.5) is 0 Å². The van der Waals surface area contributed by atoms with Crippen LogP contribution in [0.25, 0.3) is 10.9 Å². The molecule has 0 amide bonds. The Balaban J connectivity index is 1.75. The average molecular weight is 246 g/mol. The molecule has 0 aliphatic carbocycles. The summed E-state index contributed by atoms with van der Waals surface area (Å²) < 4.78 is 5.54. The quantitative estimate of drug-likeness (QED) is 0.737. The molecule has 0 unspecified atom stereocenters. The number of fused-ring (bicyclic) bond motifs is 1. The Morgan fingerprint density at radius 3 is 3.00 bits per heavy atom. The van der Waals surface area contributed by atoms with Gasteiger partial charge in [-0.05, 0) is 23.6 Å². The van der Waals surface area contributed by atoms with Gasteiger partial charge in [0.1, 0.15) is 0 Å². The van der Waals surface area contributed by atoms with Crippen molar-refractivity contribution in [3.8, 4) is 0 Å². The molecular weight excluding hydrogens is 224 g/mol. The highest BCUT2D eigenvalue weighted by Crippen LogP contribution is 2.16. The van der Waals surface area contributed by atoms with Crippen LogP contribution in [0.5, 0.6) is 0 Å². The molecule has 0 atom stereocenters. The van der Waals surface area contributed by atoms with Crippen molar-refractivity contribution in [3.63, 3.8) is 0 Å². The lowest BCUT2D eigenvalue weighted by atomic mass is 10.1. The molecule has 3 nitrogen and oxygen atoms in total. The van der Waals surface area contributed by atoms with Crippen LogP contribution in [0, 0.1) is 5.92 Å². The predicted molar refractivity (Wildman–Crippen MR) is 75.7 cm³/mol. The van der Waals surface area contributed by atoms with Gasteiger partial charge in [-0.25, -0.2) is 0 Å². The second-order valence-corrected chi connectivity index (χ2v) is 5.00. The summed E-state index contributed by atoms with van der Waals surface area (Å²) in [6, 6.07) is 8.48. The summed E-state index contributed by atoms with van der Waals surface area (Å²) in [7, 11) is 0. The second kappa shape index (κ2) is 6.57. The molecule has 0 saturated heterocycles. The molecule has 0 aliphatic heterocycles. The third kappa shape index (κ3) is 3.59. The summed E-state index contributed by atoms with van der Waals surface area (Å²) >= 11 is 0. The van der Waals surface area contributed by atoms with E-state index in [1.807, 2.05) is 6.20 Å². The molecule has 2 rings (SSSR count). The number of rotatable bonds is 7. The minimum Gasteiger partial charge on any atom is -0.380 e. The maximum absolute atomic E-state index is 5.54. The Kier molecular flexibility index (Phi) is 4.79. The van der Waals surface area contributed by atoms with Crippen molar-refractivity contribution in [1.82, 2.24) is 10.3 Å². The van der Waals surface area contributed by atoms with Crippen LogP contribution in [0.1, 0.15) is 19.4 Å². The van der Waals surface area contributed by atoms with E-state index in [1.54, 1.807) is 0 Å². The van der Waals surface area contributed by atoms with Gasteiger partial charge in [0.15, 0.2) is 0 Å². The molecule has 0 radical (unpaired) electrons. The van der Waals surface area contributed by atoms with Crippen LogP contribution in [0.15, 0.2) is 30.5 Å². The summed E-state index contributed by atoms with van der Waals surface area (Å²) in [4.78, 5) is 3.23. The third-order valence-electron chi connectivity index (χ3n) is 2.88. The van der Waals surface area contributed by atoms with Gasteiger partial charge < -0.3 is 15.0 Å². The lowest BCUT2D eigenvalue weighted by Crippen LogP contribution is -2.20. The van der Waals surface area contributed by atoms with Gasteiger partial charge in [-0.2, -0.15) is 0 Å². The monoisotopic (exact) mass is 246 g/mol. The zero-order valence-electron chi connectivity index (χ0n) is 11.2. The summed E-state index contributed by atoms with van der Waals surface area (Å²) in [6.45, 7) is 7.74. The summed E-state index contributed by atoms with van der Waals surface area (Å²) in [5, 5.41) is 4.72. The van der Waals surface area contributed by atoms with Gasteiger partial charge in [-0.3, -0.25) is 0 Å². The molecular formula is C15H22N2O. The van der Waals surface area contributed by atoms with Crippen LogP contribution < -0.4 is 5.32 Å². The molecule has 0 spiro atoms. The van der Waals surface area contributed by atoms with Crippen molar-refractivity contribution >= 4 is 10.9 Å². The van der Waals surface area contributed by atoms with Crippen LogP contribution in [0.2, 0.25) is 0 Å². The summed E-state index contributed by atoms with van der Waals surface area (Å²) in [6.07, 6.45) is 1.99. The first-order chi connectivity index (χ1) is 8.77. The molecule has 98 valence electrons. The van der Waals surface area contributed by atoms with Gasteiger partial charge in [-0.15, -0.1) is 0 Å². The molecule has 1 aromatic heterocycles. The third-order valence-corrected chi connectivity index (χ3v) is 2.88. The Morgan fingerprint density at radius 2 is 2.17 bits per heavy atom. The van der Waals surface area contributed by atoms with Crippen molar-refractivity contribution in [2.75, 3.05) is 19.8 Å². The molecule has 1 heterocycles. The highest BCUT2D eigenvalue weighted by molar-refractivity contribution is 5.82. The van der Waals surface area contributed by atoms with E-state index in [0.717, 1.165) is 26.3 Å². The maximum Gasteiger partial charge on any atom is 0.0591 e. The first kappa shape index (κ1) is 13.1. The zero-order valence-corrected chi connectivity index (χ0v) is 11.2. The number of nitrogens with one attached hydrogen (secondary N) is 2. The molecule has 0 saturated carbocycles. The smallest absolute Gasteiger partial charge is 0.0591 e. The van der Waals surface area contributed by atoms with Crippen LogP contribution in [-0.4, -0.2) is 24.7 Å². The topological polar surface area (TPSA) is 37.0 Å². The molecule has 18 heavy (non-hydrogen) atoms. The highest BCUT2D eigenvalue weighted by Gasteiger charge is 2.00. The normalized spacial score (nSPS) is 11.5. The van der Waals surface area contributed by atoms with Crippen molar-refractivity contribution in [3.05, 3.63) is 36.0 Å². The van der Waals surface area contributed by atoms with Crippen molar-refractivity contribution in [2.24, 2.45) is 5.92 Å². The fourth-order valence-electron chi connectivity index (χ4n) is 1.99. The van der Waals surface area contributed by atoms with E-state index in [1.165, 1.54) is 16.5 Å². The number of benzene rings is 1. The van der Waals surface area contributed by atoms with Gasteiger partial charge in [0.2, 0.25) is 0 Å². The van der Waals surface area contributed by atoms with E-state index in [0.29, 0.717) is 5.92 Å². The number of ether oxygens (including phenoxy) is 1. The summed E-state index contributed by atoms with van der Waals surface area (Å²) in [5.74, 6) is 0.610. The number of H-pyrrole nitrogens is 1. The van der Waals surface area contributed by atoms with E-state index < -0.39 is 0 Å². The predicted octanol–water partition coefficient (Wildman–Crippen LogP) is 2.93. The highest BCUT2D eigenvalue weighted by atomic mass is 16.5. The fourth-order valence-corrected chi connectivity index (χ4v) is 1.99. The molecule has 3 heteroatoms. The summed E-state index contributed by atoms with van der Waals surface area (Å²) in [5.41, 5.74) is 2.53. The number of aromatic amines is 1. The van der Waals surface area contributed by atoms with Crippen molar-refractivity contribution in [2.45, 2.75) is 20.4 Å². The fraction of sp³-hybridized carbons (Fsp3) is 0.467. The first-order valence-electron chi connectivity index (χ1n) is 6.61. The minimum atomic E-state index is 0.610. The molecule has 1 aromatic carbocycles. The van der Waals surface area contributed by atoms with Crippen molar-refractivity contribution < 1.29 is 4.74 Å². The minimum absolute atomic E-state index is 0.610. The molecule has 0 fully saturated rings. The van der Waals surface area contributed by atoms with Gasteiger partial charge in [0, 0.05) is 36.8 Å². The van der Waals surface area contributed by atoms with Crippen molar-refractivity contribution in [1.29, 1.82) is 0 Å². The van der Waals surface area contributed by atoms with Gasteiger partial charge >= 0.3 is 0 Å². The van der Waals surface area contributed by atoms with Crippen LogP contribution in [-0.2, 0) is 11.3 Å². The number of aromatic nitrogens is 1. The molecule has 0 bridgehead atoms. The van der Waals surface area contributed by atoms with E-state index in [2.05, 4.69) is 48.4 Å². The Hall–Kier alpha value is -1.32. The molecule has 2 aromatic rings. The van der Waals surface area contributed by atoms with Gasteiger partial charge in [-0.1, -0.05) is 26.0 Å². The van der Waals surface area contributed by atoms with E-state index >= 15 is 0 Å². The number of hydrogen-bond acceptors (Lipinski definition) is 2. The molecule has 2 N–H and O–H groups in total. The van der Waals surface area contributed by atoms with Crippen LogP contribution >= 0.6 is 0 Å². The second-order valence-electron chi connectivity index (χ2n) is 5.00. The lowest BCUT2D eigenvalue weighted by Gasteiger charge is -2.08. The molecule has 0 aliphatic rings. The largest absolute Gasteiger partial charge is 0.380 e. The Morgan fingerprint density at radius 1 is 1.28 bits per heavy atom. The SMILES string of the molecule is CC(C)COCCNCc1cccc2[nH]ccc12. The zero-order chi connectivity index (χ0) is 12.8. The number of hydrogen-bond donors (Lipinski definition) is 2. The first-order valence-corrected chi connectivity index (χ1v) is 6.61. The Labute approximate surface area is 109 Å². The Bertz CT molecular complexity index is 476. The van der Waals surface area contributed by atoms with E-state index in [4.69, 9.17) is 4.74 Å². The lowest BCUT2D eigenvalue weighted by molar-refractivity contribution is 0.111. The van der Waals surface area contributed by atoms with Gasteiger partial charge in [0.25, 0.3) is 0 Å². The van der Waals surface area contributed by atoms with E-state index in [9.17, 15) is 0 Å². The standard InChI is InChI=1S/C15H22N2O/c1-12(2)11-18-9-8-16-10-13-4-3-5-15-14(13)6-7-17-15/h3-7,12,16-17H,8-11H2,1-2H3.